The molecule has 2 aliphatic rings. The van der Waals surface area contributed by atoms with E-state index >= 15 is 0 Å². The Balaban J connectivity index is 1.98. The Morgan fingerprint density at radius 2 is 2.17 bits per heavy atom. The first-order chi connectivity index (χ1) is 8.67. The van der Waals surface area contributed by atoms with Gasteiger partial charge in [0.2, 0.25) is 0 Å². The Morgan fingerprint density at radius 1 is 1.39 bits per heavy atom. The SMILES string of the molecule is CCCCN=C1N[C@@H]2[C@@H](O)[C@H](O)[C@@H](CO)O[C@@H]2S1. The molecule has 0 aromatic rings. The molecular formula is C11H20N2O4S. The Labute approximate surface area is 110 Å². The van der Waals surface area contributed by atoms with Gasteiger partial charge in [0, 0.05) is 6.54 Å². The molecule has 5 atom stereocenters. The van der Waals surface area contributed by atoms with Crippen molar-refractivity contribution in [1.29, 1.82) is 0 Å². The summed E-state index contributed by atoms with van der Waals surface area (Å²) in [5, 5.41) is 32.6. The third-order valence-corrected chi connectivity index (χ3v) is 4.27. The van der Waals surface area contributed by atoms with Gasteiger partial charge in [0.1, 0.15) is 23.7 Å². The molecule has 0 radical (unpaired) electrons. The van der Waals surface area contributed by atoms with Crippen LogP contribution in [0.15, 0.2) is 4.99 Å². The van der Waals surface area contributed by atoms with E-state index in [4.69, 9.17) is 9.84 Å². The second-order valence-corrected chi connectivity index (χ2v) is 5.62. The highest BCUT2D eigenvalue weighted by molar-refractivity contribution is 8.14. The van der Waals surface area contributed by atoms with Crippen LogP contribution < -0.4 is 5.32 Å². The van der Waals surface area contributed by atoms with Crippen molar-refractivity contribution in [3.63, 3.8) is 0 Å². The number of aliphatic hydroxyl groups is 3. The summed E-state index contributed by atoms with van der Waals surface area (Å²) in [6.07, 6.45) is -0.650. The highest BCUT2D eigenvalue weighted by atomic mass is 32.2. The van der Waals surface area contributed by atoms with Crippen LogP contribution in [0.2, 0.25) is 0 Å². The van der Waals surface area contributed by atoms with Crippen molar-refractivity contribution >= 4 is 16.9 Å². The normalized spacial score (nSPS) is 41.8. The second-order valence-electron chi connectivity index (χ2n) is 4.54. The molecule has 6 nitrogen and oxygen atoms in total. The van der Waals surface area contributed by atoms with Gasteiger partial charge in [0.25, 0.3) is 0 Å². The molecule has 18 heavy (non-hydrogen) atoms. The van der Waals surface area contributed by atoms with Crippen LogP contribution in [-0.4, -0.2) is 63.4 Å². The van der Waals surface area contributed by atoms with Gasteiger partial charge in [0.15, 0.2) is 5.17 Å². The second kappa shape index (κ2) is 6.21. The van der Waals surface area contributed by atoms with Crippen LogP contribution in [0.5, 0.6) is 0 Å². The average Bonchev–Trinajstić information content (AvgIpc) is 2.77. The van der Waals surface area contributed by atoms with Crippen molar-refractivity contribution in [3.05, 3.63) is 0 Å². The summed E-state index contributed by atoms with van der Waals surface area (Å²) in [6, 6.07) is -0.367. The first-order valence-corrected chi connectivity index (χ1v) is 7.15. The van der Waals surface area contributed by atoms with Gasteiger partial charge in [-0.15, -0.1) is 0 Å². The molecule has 0 aliphatic carbocycles. The summed E-state index contributed by atoms with van der Waals surface area (Å²) in [7, 11) is 0. The van der Waals surface area contributed by atoms with E-state index in [2.05, 4.69) is 17.2 Å². The molecule has 2 fully saturated rings. The summed E-state index contributed by atoms with van der Waals surface area (Å²) in [5.41, 5.74) is -0.305. The topological polar surface area (TPSA) is 94.3 Å². The minimum atomic E-state index is -1.07. The number of hydrogen-bond donors (Lipinski definition) is 4. The van der Waals surface area contributed by atoms with Gasteiger partial charge in [-0.3, -0.25) is 4.99 Å². The van der Waals surface area contributed by atoms with Gasteiger partial charge >= 0.3 is 0 Å². The van der Waals surface area contributed by atoms with Gasteiger partial charge in [-0.2, -0.15) is 0 Å². The molecule has 7 heteroatoms. The van der Waals surface area contributed by atoms with Gasteiger partial charge in [-0.05, 0) is 6.42 Å². The van der Waals surface area contributed by atoms with Crippen LogP contribution in [-0.2, 0) is 4.74 Å². The first-order valence-electron chi connectivity index (χ1n) is 6.27. The van der Waals surface area contributed by atoms with E-state index in [1.54, 1.807) is 0 Å². The predicted molar refractivity (Wildman–Crippen MR) is 69.5 cm³/mol. The molecule has 104 valence electrons. The van der Waals surface area contributed by atoms with Crippen molar-refractivity contribution < 1.29 is 20.1 Å². The molecular weight excluding hydrogens is 256 g/mol. The number of rotatable bonds is 4. The lowest BCUT2D eigenvalue weighted by Gasteiger charge is -2.38. The molecule has 0 bridgehead atoms. The molecule has 4 N–H and O–H groups in total. The fourth-order valence-electron chi connectivity index (χ4n) is 2.04. The van der Waals surface area contributed by atoms with Gasteiger partial charge in [-0.25, -0.2) is 0 Å². The molecule has 2 rings (SSSR count). The molecule has 2 aliphatic heterocycles. The monoisotopic (exact) mass is 276 g/mol. The molecule has 0 unspecified atom stereocenters. The number of fused-ring (bicyclic) bond motifs is 1. The molecule has 0 aromatic heterocycles. The molecule has 2 saturated heterocycles. The lowest BCUT2D eigenvalue weighted by Crippen LogP contribution is -2.59. The smallest absolute Gasteiger partial charge is 0.159 e. The van der Waals surface area contributed by atoms with Crippen molar-refractivity contribution in [3.8, 4) is 0 Å². The number of nitrogens with one attached hydrogen (secondary N) is 1. The minimum Gasteiger partial charge on any atom is -0.394 e. The van der Waals surface area contributed by atoms with E-state index in [0.29, 0.717) is 0 Å². The van der Waals surface area contributed by atoms with Crippen LogP contribution in [0.25, 0.3) is 0 Å². The van der Waals surface area contributed by atoms with Gasteiger partial charge in [-0.1, -0.05) is 25.1 Å². The van der Waals surface area contributed by atoms with Crippen LogP contribution in [0.3, 0.4) is 0 Å². The summed E-state index contributed by atoms with van der Waals surface area (Å²) in [6.45, 7) is 2.54. The largest absolute Gasteiger partial charge is 0.394 e. The summed E-state index contributed by atoms with van der Waals surface area (Å²) in [5.74, 6) is 0. The average molecular weight is 276 g/mol. The van der Waals surface area contributed by atoms with Gasteiger partial charge < -0.3 is 25.4 Å². The molecule has 0 saturated carbocycles. The fraction of sp³-hybridized carbons (Fsp3) is 0.909. The number of unbranched alkanes of at least 4 members (excludes halogenated alkanes) is 1. The van der Waals surface area contributed by atoms with E-state index in [1.807, 2.05) is 0 Å². The molecule has 2 heterocycles. The number of hydrogen-bond acceptors (Lipinski definition) is 6. The maximum Gasteiger partial charge on any atom is 0.159 e. The highest BCUT2D eigenvalue weighted by Crippen LogP contribution is 2.33. The summed E-state index contributed by atoms with van der Waals surface area (Å²) < 4.78 is 5.54. The number of nitrogens with zero attached hydrogens (tertiary/aromatic N) is 1. The third-order valence-electron chi connectivity index (χ3n) is 3.17. The number of aliphatic imine (C=N–C) groups is 1. The maximum absolute atomic E-state index is 9.97. The highest BCUT2D eigenvalue weighted by Gasteiger charge is 2.48. The van der Waals surface area contributed by atoms with E-state index in [9.17, 15) is 10.2 Å². The van der Waals surface area contributed by atoms with E-state index in [-0.39, 0.29) is 18.1 Å². The zero-order valence-corrected chi connectivity index (χ0v) is 11.1. The van der Waals surface area contributed by atoms with E-state index in [0.717, 1.165) is 24.6 Å². The van der Waals surface area contributed by atoms with Gasteiger partial charge in [0.05, 0.1) is 12.6 Å². The van der Waals surface area contributed by atoms with Crippen molar-refractivity contribution in [2.75, 3.05) is 13.2 Å². The van der Waals surface area contributed by atoms with E-state index < -0.39 is 18.3 Å². The minimum absolute atomic E-state index is 0.301. The van der Waals surface area contributed by atoms with Crippen molar-refractivity contribution in [2.24, 2.45) is 4.99 Å². The van der Waals surface area contributed by atoms with Crippen LogP contribution in [0.4, 0.5) is 0 Å². The van der Waals surface area contributed by atoms with Crippen LogP contribution in [0, 0.1) is 0 Å². The first kappa shape index (κ1) is 14.1. The third kappa shape index (κ3) is 2.80. The zero-order valence-electron chi connectivity index (χ0n) is 10.3. The number of amidine groups is 1. The van der Waals surface area contributed by atoms with Crippen LogP contribution >= 0.6 is 11.8 Å². The number of thioether (sulfide) groups is 1. The lowest BCUT2D eigenvalue weighted by molar-refractivity contribution is -0.167. The standard InChI is InChI=1S/C11H20N2O4S/c1-2-3-4-12-11-13-7-9(16)8(15)6(5-14)17-10(7)18-11/h6-10,14-16H,2-5H2,1H3,(H,12,13)/t6-,7-,8-,9-,10-/m1/s1. The maximum atomic E-state index is 9.97. The quantitative estimate of drug-likeness (QED) is 0.507. The summed E-state index contributed by atoms with van der Waals surface area (Å²) >= 11 is 1.40. The molecule has 0 amide bonds. The number of aliphatic hydroxyl groups excluding tert-OH is 3. The fourth-order valence-corrected chi connectivity index (χ4v) is 3.21. The lowest BCUT2D eigenvalue weighted by atomic mass is 9.98. The Morgan fingerprint density at radius 3 is 2.83 bits per heavy atom. The van der Waals surface area contributed by atoms with E-state index in [1.165, 1.54) is 11.8 Å². The number of ether oxygens (including phenoxy) is 1. The predicted octanol–water partition coefficient (Wildman–Crippen LogP) is -0.713. The van der Waals surface area contributed by atoms with Crippen molar-refractivity contribution in [2.45, 2.75) is 49.6 Å². The Hall–Kier alpha value is -0.340. The molecule has 0 spiro atoms. The molecule has 0 aromatic carbocycles. The van der Waals surface area contributed by atoms with Crippen molar-refractivity contribution in [1.82, 2.24) is 5.32 Å². The van der Waals surface area contributed by atoms with Crippen LogP contribution in [0.1, 0.15) is 19.8 Å². The Bertz CT molecular complexity index is 315. The Kier molecular flexibility index (Phi) is 4.85. The zero-order chi connectivity index (χ0) is 13.1. The summed E-state index contributed by atoms with van der Waals surface area (Å²) in [4.78, 5) is 4.38.